The molecule has 1 fully saturated rings. The second kappa shape index (κ2) is 7.01. The van der Waals surface area contributed by atoms with Crippen LogP contribution in [0.15, 0.2) is 4.52 Å². The van der Waals surface area contributed by atoms with Gasteiger partial charge in [0.05, 0.1) is 12.6 Å². The number of rotatable bonds is 6. The first kappa shape index (κ1) is 14.5. The summed E-state index contributed by atoms with van der Waals surface area (Å²) in [5.41, 5.74) is 0. The summed E-state index contributed by atoms with van der Waals surface area (Å²) in [5, 5.41) is 13.7. The molecule has 0 amide bonds. The summed E-state index contributed by atoms with van der Waals surface area (Å²) in [4.78, 5) is 6.74. The van der Waals surface area contributed by atoms with E-state index in [0.29, 0.717) is 5.92 Å². The molecule has 2 heterocycles. The highest BCUT2D eigenvalue weighted by Gasteiger charge is 2.24. The normalized spacial score (nSPS) is 22.6. The van der Waals surface area contributed by atoms with Crippen LogP contribution in [0.25, 0.3) is 0 Å². The summed E-state index contributed by atoms with van der Waals surface area (Å²) < 4.78 is 5.25. The molecule has 0 bridgehead atoms. The topological polar surface area (TPSA) is 62.4 Å². The number of hydrogen-bond acceptors (Lipinski definition) is 5. The van der Waals surface area contributed by atoms with Gasteiger partial charge in [-0.15, -0.1) is 0 Å². The van der Waals surface area contributed by atoms with Gasteiger partial charge < -0.3 is 9.63 Å². The predicted molar refractivity (Wildman–Crippen MR) is 72.6 cm³/mol. The van der Waals surface area contributed by atoms with Gasteiger partial charge in [-0.2, -0.15) is 4.98 Å². The molecule has 1 saturated heterocycles. The second-order valence-corrected chi connectivity index (χ2v) is 5.59. The standard InChI is InChI=1S/C14H25N3O2/c1-3-4-7-14-15-13(16-19-14)10-17-8-5-6-12(9-17)11(2)18/h11-12,18H,3-10H2,1-2H3. The fourth-order valence-electron chi connectivity index (χ4n) is 2.61. The zero-order valence-electron chi connectivity index (χ0n) is 12.0. The van der Waals surface area contributed by atoms with Crippen LogP contribution in [0, 0.1) is 5.92 Å². The molecule has 0 spiro atoms. The third kappa shape index (κ3) is 4.28. The molecule has 0 aromatic carbocycles. The number of nitrogens with zero attached hydrogens (tertiary/aromatic N) is 3. The third-order valence-corrected chi connectivity index (χ3v) is 3.84. The van der Waals surface area contributed by atoms with Gasteiger partial charge in [-0.05, 0) is 38.6 Å². The molecule has 0 aliphatic carbocycles. The van der Waals surface area contributed by atoms with Crippen LogP contribution in [0.5, 0.6) is 0 Å². The van der Waals surface area contributed by atoms with Crippen molar-refractivity contribution in [3.05, 3.63) is 11.7 Å². The number of aryl methyl sites for hydroxylation is 1. The van der Waals surface area contributed by atoms with E-state index >= 15 is 0 Å². The number of hydrogen-bond donors (Lipinski definition) is 1. The van der Waals surface area contributed by atoms with E-state index in [1.54, 1.807) is 0 Å². The minimum Gasteiger partial charge on any atom is -0.393 e. The first-order valence-electron chi connectivity index (χ1n) is 7.41. The van der Waals surface area contributed by atoms with Crippen molar-refractivity contribution in [2.45, 2.75) is 58.6 Å². The number of aliphatic hydroxyl groups is 1. The maximum absolute atomic E-state index is 9.69. The monoisotopic (exact) mass is 267 g/mol. The Morgan fingerprint density at radius 1 is 1.53 bits per heavy atom. The molecular formula is C14H25N3O2. The second-order valence-electron chi connectivity index (χ2n) is 5.59. The van der Waals surface area contributed by atoms with Gasteiger partial charge >= 0.3 is 0 Å². The van der Waals surface area contributed by atoms with E-state index in [2.05, 4.69) is 22.0 Å². The van der Waals surface area contributed by atoms with Crippen molar-refractivity contribution < 1.29 is 9.63 Å². The lowest BCUT2D eigenvalue weighted by atomic mass is 9.93. The quantitative estimate of drug-likeness (QED) is 0.854. The van der Waals surface area contributed by atoms with E-state index in [-0.39, 0.29) is 6.10 Å². The first-order valence-corrected chi connectivity index (χ1v) is 7.41. The van der Waals surface area contributed by atoms with Gasteiger partial charge in [-0.1, -0.05) is 18.5 Å². The molecule has 108 valence electrons. The van der Waals surface area contributed by atoms with Crippen LogP contribution in [0.1, 0.15) is 51.2 Å². The van der Waals surface area contributed by atoms with E-state index in [9.17, 15) is 5.11 Å². The summed E-state index contributed by atoms with van der Waals surface area (Å²) in [6.07, 6.45) is 5.13. The van der Waals surface area contributed by atoms with E-state index < -0.39 is 0 Å². The molecule has 1 N–H and O–H groups in total. The zero-order valence-corrected chi connectivity index (χ0v) is 12.0. The van der Waals surface area contributed by atoms with Gasteiger partial charge in [0.25, 0.3) is 0 Å². The molecular weight excluding hydrogens is 242 g/mol. The molecule has 2 unspecified atom stereocenters. The highest BCUT2D eigenvalue weighted by molar-refractivity contribution is 4.88. The fraction of sp³-hybridized carbons (Fsp3) is 0.857. The van der Waals surface area contributed by atoms with Crippen molar-refractivity contribution in [1.29, 1.82) is 0 Å². The van der Waals surface area contributed by atoms with Crippen molar-refractivity contribution in [2.75, 3.05) is 13.1 Å². The smallest absolute Gasteiger partial charge is 0.226 e. The number of piperidine rings is 1. The summed E-state index contributed by atoms with van der Waals surface area (Å²) >= 11 is 0. The van der Waals surface area contributed by atoms with Crippen molar-refractivity contribution in [1.82, 2.24) is 15.0 Å². The molecule has 5 nitrogen and oxygen atoms in total. The van der Waals surface area contributed by atoms with E-state index in [0.717, 1.165) is 63.5 Å². The van der Waals surface area contributed by atoms with Crippen LogP contribution in [-0.2, 0) is 13.0 Å². The SMILES string of the molecule is CCCCc1nc(CN2CCCC(C(C)O)C2)no1. The van der Waals surface area contributed by atoms with Gasteiger partial charge in [0.1, 0.15) is 0 Å². The molecule has 0 radical (unpaired) electrons. The molecule has 1 aliphatic heterocycles. The van der Waals surface area contributed by atoms with E-state index in [1.165, 1.54) is 0 Å². The average Bonchev–Trinajstić information content (AvgIpc) is 2.84. The lowest BCUT2D eigenvalue weighted by Gasteiger charge is -2.33. The Bertz CT molecular complexity index is 379. The Balaban J connectivity index is 1.84. The molecule has 2 rings (SSSR count). The molecule has 5 heteroatoms. The molecule has 0 saturated carbocycles. The average molecular weight is 267 g/mol. The highest BCUT2D eigenvalue weighted by Crippen LogP contribution is 2.20. The zero-order chi connectivity index (χ0) is 13.7. The summed E-state index contributed by atoms with van der Waals surface area (Å²) in [6.45, 7) is 6.75. The van der Waals surface area contributed by atoms with Crippen LogP contribution < -0.4 is 0 Å². The molecule has 2 atom stereocenters. The number of aromatic nitrogens is 2. The van der Waals surface area contributed by atoms with Crippen molar-refractivity contribution in [3.63, 3.8) is 0 Å². The Labute approximate surface area is 115 Å². The molecule has 19 heavy (non-hydrogen) atoms. The lowest BCUT2D eigenvalue weighted by molar-refractivity contribution is 0.0586. The highest BCUT2D eigenvalue weighted by atomic mass is 16.5. The van der Waals surface area contributed by atoms with Crippen LogP contribution in [0.4, 0.5) is 0 Å². The molecule has 1 aliphatic rings. The maximum atomic E-state index is 9.69. The van der Waals surface area contributed by atoms with Crippen molar-refractivity contribution >= 4 is 0 Å². The largest absolute Gasteiger partial charge is 0.393 e. The number of likely N-dealkylation sites (tertiary alicyclic amines) is 1. The van der Waals surface area contributed by atoms with Gasteiger partial charge in [0, 0.05) is 13.0 Å². The predicted octanol–water partition coefficient (Wildman–Crippen LogP) is 2.00. The minimum absolute atomic E-state index is 0.229. The van der Waals surface area contributed by atoms with E-state index in [1.807, 2.05) is 6.92 Å². The van der Waals surface area contributed by atoms with Gasteiger partial charge in [-0.25, -0.2) is 0 Å². The van der Waals surface area contributed by atoms with Crippen LogP contribution in [0.3, 0.4) is 0 Å². The minimum atomic E-state index is -0.229. The Morgan fingerprint density at radius 3 is 3.11 bits per heavy atom. The Morgan fingerprint density at radius 2 is 2.37 bits per heavy atom. The maximum Gasteiger partial charge on any atom is 0.226 e. The summed E-state index contributed by atoms with van der Waals surface area (Å²) in [5.74, 6) is 1.90. The summed E-state index contributed by atoms with van der Waals surface area (Å²) in [7, 11) is 0. The van der Waals surface area contributed by atoms with Gasteiger partial charge in [0.15, 0.2) is 5.82 Å². The molecule has 1 aromatic rings. The third-order valence-electron chi connectivity index (χ3n) is 3.84. The van der Waals surface area contributed by atoms with E-state index in [4.69, 9.17) is 4.52 Å². The Hall–Kier alpha value is -0.940. The van der Waals surface area contributed by atoms with Gasteiger partial charge in [-0.3, -0.25) is 4.90 Å². The number of unbranched alkanes of at least 4 members (excludes halogenated alkanes) is 1. The Kier molecular flexibility index (Phi) is 5.34. The summed E-state index contributed by atoms with van der Waals surface area (Å²) in [6, 6.07) is 0. The fourth-order valence-corrected chi connectivity index (χ4v) is 2.61. The van der Waals surface area contributed by atoms with Crippen molar-refractivity contribution in [3.8, 4) is 0 Å². The van der Waals surface area contributed by atoms with Crippen LogP contribution in [-0.4, -0.2) is 39.3 Å². The van der Waals surface area contributed by atoms with Crippen molar-refractivity contribution in [2.24, 2.45) is 5.92 Å². The first-order chi connectivity index (χ1) is 9.19. The molecule has 1 aromatic heterocycles. The van der Waals surface area contributed by atoms with Crippen LogP contribution >= 0.6 is 0 Å². The van der Waals surface area contributed by atoms with Gasteiger partial charge in [0.2, 0.25) is 5.89 Å². The van der Waals surface area contributed by atoms with Crippen LogP contribution in [0.2, 0.25) is 0 Å². The number of aliphatic hydroxyl groups excluding tert-OH is 1. The lowest BCUT2D eigenvalue weighted by Crippen LogP contribution is -2.39.